The van der Waals surface area contributed by atoms with Crippen molar-refractivity contribution in [3.63, 3.8) is 0 Å². The van der Waals surface area contributed by atoms with Crippen molar-refractivity contribution in [3.8, 4) is 5.75 Å². The number of aliphatic hydroxyl groups is 1. The second-order valence-corrected chi connectivity index (χ2v) is 6.18. The van der Waals surface area contributed by atoms with E-state index in [2.05, 4.69) is 10.6 Å². The van der Waals surface area contributed by atoms with Gasteiger partial charge in [-0.2, -0.15) is 0 Å². The van der Waals surface area contributed by atoms with Crippen LogP contribution in [-0.2, 0) is 0 Å². The lowest BCUT2D eigenvalue weighted by Crippen LogP contribution is -2.48. The molecule has 1 aliphatic carbocycles. The molecule has 1 aliphatic heterocycles. The summed E-state index contributed by atoms with van der Waals surface area (Å²) < 4.78 is 5.61. The molecule has 1 aromatic carbocycles. The average Bonchev–Trinajstić information content (AvgIpc) is 2.55. The lowest BCUT2D eigenvalue weighted by atomic mass is 9.85. The summed E-state index contributed by atoms with van der Waals surface area (Å²) in [5.74, 6) is 1.03. The smallest absolute Gasteiger partial charge is 0.315 e. The van der Waals surface area contributed by atoms with Gasteiger partial charge in [-0.3, -0.25) is 0 Å². The highest BCUT2D eigenvalue weighted by atomic mass is 16.5. The third kappa shape index (κ3) is 3.35. The van der Waals surface area contributed by atoms with Crippen molar-refractivity contribution in [2.45, 2.75) is 44.2 Å². The predicted molar refractivity (Wildman–Crippen MR) is 83.8 cm³/mol. The number of carbonyl (C=O) groups is 1. The zero-order valence-corrected chi connectivity index (χ0v) is 12.8. The summed E-state index contributed by atoms with van der Waals surface area (Å²) in [7, 11) is 0. The number of aliphatic hydroxyl groups excluding tert-OH is 1. The van der Waals surface area contributed by atoms with E-state index in [0.717, 1.165) is 43.4 Å². The molecule has 22 heavy (non-hydrogen) atoms. The molecule has 1 saturated carbocycles. The quantitative estimate of drug-likeness (QED) is 0.803. The Balaban J connectivity index is 1.60. The number of benzene rings is 1. The molecule has 5 heteroatoms. The number of nitrogens with one attached hydrogen (secondary N) is 2. The Hall–Kier alpha value is -1.75. The van der Waals surface area contributed by atoms with E-state index in [1.807, 2.05) is 24.3 Å². The van der Waals surface area contributed by atoms with Crippen molar-refractivity contribution in [3.05, 3.63) is 29.8 Å². The molecule has 0 saturated heterocycles. The van der Waals surface area contributed by atoms with Crippen LogP contribution in [0.25, 0.3) is 0 Å². The van der Waals surface area contributed by atoms with Crippen LogP contribution in [0.15, 0.2) is 24.3 Å². The third-order valence-electron chi connectivity index (χ3n) is 4.72. The second kappa shape index (κ2) is 7.01. The van der Waals surface area contributed by atoms with Crippen molar-refractivity contribution in [1.29, 1.82) is 0 Å². The fraction of sp³-hybridized carbons (Fsp3) is 0.588. The topological polar surface area (TPSA) is 70.6 Å². The second-order valence-electron chi connectivity index (χ2n) is 6.18. The maximum absolute atomic E-state index is 12.3. The SMILES string of the molecule is O=C(NC1CCOc2ccccc21)NC1CCCCC1CO. The fourth-order valence-electron chi connectivity index (χ4n) is 3.48. The van der Waals surface area contributed by atoms with E-state index in [1.165, 1.54) is 0 Å². The van der Waals surface area contributed by atoms with Crippen LogP contribution >= 0.6 is 0 Å². The Morgan fingerprint density at radius 3 is 2.86 bits per heavy atom. The standard InChI is InChI=1S/C17H24N2O3/c20-11-12-5-1-3-7-14(12)18-17(21)19-15-9-10-22-16-8-4-2-6-13(15)16/h2,4,6,8,12,14-15,20H,1,3,5,7,9-11H2,(H2,18,19,21). The Bertz CT molecular complexity index is 520. The Kier molecular flexibility index (Phi) is 4.83. The van der Waals surface area contributed by atoms with E-state index in [1.54, 1.807) is 0 Å². The minimum Gasteiger partial charge on any atom is -0.493 e. The van der Waals surface area contributed by atoms with Gasteiger partial charge in [-0.05, 0) is 18.9 Å². The van der Waals surface area contributed by atoms with Gasteiger partial charge in [0.05, 0.1) is 12.6 Å². The van der Waals surface area contributed by atoms with Gasteiger partial charge in [-0.1, -0.05) is 31.0 Å². The zero-order chi connectivity index (χ0) is 15.4. The third-order valence-corrected chi connectivity index (χ3v) is 4.72. The highest BCUT2D eigenvalue weighted by Gasteiger charge is 2.28. The number of fused-ring (bicyclic) bond motifs is 1. The van der Waals surface area contributed by atoms with Crippen molar-refractivity contribution in [2.75, 3.05) is 13.2 Å². The molecule has 3 unspecified atom stereocenters. The van der Waals surface area contributed by atoms with E-state index in [0.29, 0.717) is 6.61 Å². The molecule has 120 valence electrons. The summed E-state index contributed by atoms with van der Waals surface area (Å²) in [6, 6.07) is 7.75. The molecule has 5 nitrogen and oxygen atoms in total. The van der Waals surface area contributed by atoms with E-state index >= 15 is 0 Å². The summed E-state index contributed by atoms with van der Waals surface area (Å²) in [4.78, 5) is 12.3. The van der Waals surface area contributed by atoms with Crippen molar-refractivity contribution >= 4 is 6.03 Å². The normalized spacial score (nSPS) is 27.4. The number of carbonyl (C=O) groups excluding carboxylic acids is 1. The van der Waals surface area contributed by atoms with Crippen LogP contribution in [0.2, 0.25) is 0 Å². The van der Waals surface area contributed by atoms with Crippen LogP contribution in [0.1, 0.15) is 43.7 Å². The maximum Gasteiger partial charge on any atom is 0.315 e. The predicted octanol–water partition coefficient (Wildman–Crippen LogP) is 2.36. The molecule has 1 fully saturated rings. The first kappa shape index (κ1) is 15.2. The van der Waals surface area contributed by atoms with Gasteiger partial charge in [0.2, 0.25) is 0 Å². The minimum atomic E-state index is -0.146. The van der Waals surface area contributed by atoms with Crippen molar-refractivity contribution in [2.24, 2.45) is 5.92 Å². The summed E-state index contributed by atoms with van der Waals surface area (Å²) >= 11 is 0. The number of urea groups is 1. The van der Waals surface area contributed by atoms with Crippen LogP contribution in [-0.4, -0.2) is 30.4 Å². The molecule has 0 spiro atoms. The average molecular weight is 304 g/mol. The van der Waals surface area contributed by atoms with Gasteiger partial charge in [0.1, 0.15) is 5.75 Å². The number of para-hydroxylation sites is 1. The van der Waals surface area contributed by atoms with E-state index in [4.69, 9.17) is 4.74 Å². The molecule has 3 rings (SSSR count). The van der Waals surface area contributed by atoms with Crippen LogP contribution in [0.3, 0.4) is 0 Å². The van der Waals surface area contributed by atoms with Crippen molar-refractivity contribution < 1.29 is 14.6 Å². The summed E-state index contributed by atoms with van der Waals surface area (Å²) in [5.41, 5.74) is 1.03. The molecule has 1 aromatic rings. The first-order valence-electron chi connectivity index (χ1n) is 8.17. The Morgan fingerprint density at radius 2 is 2.00 bits per heavy atom. The van der Waals surface area contributed by atoms with Crippen LogP contribution in [0.5, 0.6) is 5.75 Å². The monoisotopic (exact) mass is 304 g/mol. The summed E-state index contributed by atoms with van der Waals surface area (Å²) in [6.07, 6.45) is 4.96. The number of hydrogen-bond acceptors (Lipinski definition) is 3. The van der Waals surface area contributed by atoms with Gasteiger partial charge >= 0.3 is 6.03 Å². The molecule has 0 radical (unpaired) electrons. The highest BCUT2D eigenvalue weighted by Crippen LogP contribution is 2.31. The number of rotatable bonds is 3. The maximum atomic E-state index is 12.3. The molecule has 2 aliphatic rings. The Morgan fingerprint density at radius 1 is 1.18 bits per heavy atom. The summed E-state index contributed by atoms with van der Waals surface area (Å²) in [6.45, 7) is 0.760. The molecular formula is C17H24N2O3. The van der Waals surface area contributed by atoms with E-state index in [9.17, 15) is 9.90 Å². The Labute approximate surface area is 131 Å². The first-order valence-corrected chi connectivity index (χ1v) is 8.17. The molecule has 3 N–H and O–H groups in total. The van der Waals surface area contributed by atoms with Crippen LogP contribution in [0, 0.1) is 5.92 Å². The van der Waals surface area contributed by atoms with Gasteiger partial charge in [0.15, 0.2) is 0 Å². The molecule has 1 heterocycles. The molecule has 2 amide bonds. The van der Waals surface area contributed by atoms with E-state index < -0.39 is 0 Å². The van der Waals surface area contributed by atoms with Gasteiger partial charge < -0.3 is 20.5 Å². The number of hydrogen-bond donors (Lipinski definition) is 3. The molecule has 0 bridgehead atoms. The highest BCUT2D eigenvalue weighted by molar-refractivity contribution is 5.75. The molecule has 0 aromatic heterocycles. The lowest BCUT2D eigenvalue weighted by molar-refractivity contribution is 0.152. The first-order chi connectivity index (χ1) is 10.8. The van der Waals surface area contributed by atoms with Crippen LogP contribution in [0.4, 0.5) is 4.79 Å². The molecule has 3 atom stereocenters. The van der Waals surface area contributed by atoms with Crippen molar-refractivity contribution in [1.82, 2.24) is 10.6 Å². The van der Waals surface area contributed by atoms with Crippen LogP contribution < -0.4 is 15.4 Å². The lowest BCUT2D eigenvalue weighted by Gasteiger charge is -2.32. The number of amides is 2. The van der Waals surface area contributed by atoms with Gasteiger partial charge in [0.25, 0.3) is 0 Å². The minimum absolute atomic E-state index is 0.0129. The van der Waals surface area contributed by atoms with Gasteiger partial charge in [0, 0.05) is 30.6 Å². The fourth-order valence-corrected chi connectivity index (χ4v) is 3.48. The largest absolute Gasteiger partial charge is 0.493 e. The van der Waals surface area contributed by atoms with Gasteiger partial charge in [-0.15, -0.1) is 0 Å². The molecular weight excluding hydrogens is 280 g/mol. The van der Waals surface area contributed by atoms with E-state index in [-0.39, 0.29) is 30.6 Å². The zero-order valence-electron chi connectivity index (χ0n) is 12.8. The number of ether oxygens (including phenoxy) is 1. The van der Waals surface area contributed by atoms with Gasteiger partial charge in [-0.25, -0.2) is 4.79 Å². The summed E-state index contributed by atoms with van der Waals surface area (Å²) in [5, 5.41) is 15.5.